The molecule has 18 heavy (non-hydrogen) atoms. The number of nitrogens with zero attached hydrogens (tertiary/aromatic N) is 1. The van der Waals surface area contributed by atoms with Crippen molar-refractivity contribution < 1.29 is 0 Å². The summed E-state index contributed by atoms with van der Waals surface area (Å²) in [7, 11) is 0. The molecule has 0 radical (unpaired) electrons. The zero-order valence-corrected chi connectivity index (χ0v) is 11.3. The third-order valence-electron chi connectivity index (χ3n) is 3.46. The van der Waals surface area contributed by atoms with E-state index < -0.39 is 0 Å². The fraction of sp³-hybridized carbons (Fsp3) is 0.400. The van der Waals surface area contributed by atoms with Gasteiger partial charge in [-0.15, -0.1) is 11.3 Å². The van der Waals surface area contributed by atoms with Gasteiger partial charge in [0.25, 0.3) is 0 Å². The van der Waals surface area contributed by atoms with Crippen molar-refractivity contribution >= 4 is 11.3 Å². The summed E-state index contributed by atoms with van der Waals surface area (Å²) in [5, 5.41) is 1.30. The first-order valence-electron chi connectivity index (χ1n) is 6.65. The van der Waals surface area contributed by atoms with E-state index in [0.29, 0.717) is 0 Å². The number of hydrogen-bond acceptors (Lipinski definition) is 3. The molecule has 0 saturated carbocycles. The number of fused-ring (bicyclic) bond motifs is 3. The Morgan fingerprint density at radius 1 is 1.17 bits per heavy atom. The fourth-order valence-corrected chi connectivity index (χ4v) is 3.66. The van der Waals surface area contributed by atoms with E-state index in [0.717, 1.165) is 25.8 Å². The molecule has 1 aliphatic carbocycles. The van der Waals surface area contributed by atoms with Crippen LogP contribution in [0.3, 0.4) is 0 Å². The van der Waals surface area contributed by atoms with E-state index in [4.69, 9.17) is 10.7 Å². The van der Waals surface area contributed by atoms with Crippen LogP contribution in [0.5, 0.6) is 0 Å². The maximum Gasteiger partial charge on any atom is 0.0935 e. The minimum Gasteiger partial charge on any atom is -0.330 e. The summed E-state index contributed by atoms with van der Waals surface area (Å²) < 4.78 is 0. The zero-order valence-electron chi connectivity index (χ0n) is 10.5. The minimum atomic E-state index is 0.807. The van der Waals surface area contributed by atoms with Crippen LogP contribution >= 0.6 is 11.3 Å². The number of benzene rings is 1. The lowest BCUT2D eigenvalue weighted by Crippen LogP contribution is -1.98. The third kappa shape index (κ3) is 2.20. The first-order chi connectivity index (χ1) is 8.88. The van der Waals surface area contributed by atoms with Crippen molar-refractivity contribution in [1.82, 2.24) is 4.98 Å². The molecule has 94 valence electrons. The normalized spacial score (nSPS) is 12.5. The van der Waals surface area contributed by atoms with E-state index in [1.54, 1.807) is 0 Å². The van der Waals surface area contributed by atoms with Crippen LogP contribution in [0.2, 0.25) is 0 Å². The van der Waals surface area contributed by atoms with Crippen molar-refractivity contribution in [2.45, 2.75) is 32.1 Å². The molecule has 1 aliphatic rings. The van der Waals surface area contributed by atoms with Gasteiger partial charge >= 0.3 is 0 Å². The van der Waals surface area contributed by atoms with Gasteiger partial charge < -0.3 is 5.73 Å². The van der Waals surface area contributed by atoms with Gasteiger partial charge in [0, 0.05) is 16.9 Å². The van der Waals surface area contributed by atoms with Gasteiger partial charge in [0.1, 0.15) is 0 Å². The Bertz CT molecular complexity index is 545. The molecule has 0 saturated heterocycles. The van der Waals surface area contributed by atoms with Crippen LogP contribution in [0.4, 0.5) is 0 Å². The van der Waals surface area contributed by atoms with Gasteiger partial charge in [-0.1, -0.05) is 30.7 Å². The third-order valence-corrected chi connectivity index (χ3v) is 4.58. The Kier molecular flexibility index (Phi) is 3.43. The quantitative estimate of drug-likeness (QED) is 0.712. The summed E-state index contributed by atoms with van der Waals surface area (Å²) in [5.41, 5.74) is 9.52. The average molecular weight is 258 g/mol. The Hall–Kier alpha value is -1.19. The number of aryl methyl sites for hydroxylation is 1. The van der Waals surface area contributed by atoms with Gasteiger partial charge in [-0.3, -0.25) is 0 Å². The fourth-order valence-electron chi connectivity index (χ4n) is 2.51. The van der Waals surface area contributed by atoms with E-state index in [1.165, 1.54) is 39.5 Å². The first-order valence-corrected chi connectivity index (χ1v) is 7.47. The average Bonchev–Trinajstić information content (AvgIpc) is 2.91. The minimum absolute atomic E-state index is 0.807. The number of hydrogen-bond donors (Lipinski definition) is 1. The molecule has 3 heteroatoms. The van der Waals surface area contributed by atoms with Crippen LogP contribution < -0.4 is 5.73 Å². The Morgan fingerprint density at radius 2 is 2.06 bits per heavy atom. The van der Waals surface area contributed by atoms with E-state index in [2.05, 4.69) is 24.3 Å². The van der Waals surface area contributed by atoms with Crippen molar-refractivity contribution in [3.05, 3.63) is 39.7 Å². The lowest BCUT2D eigenvalue weighted by molar-refractivity contribution is 0.685. The Balaban J connectivity index is 1.72. The van der Waals surface area contributed by atoms with Crippen LogP contribution in [0.25, 0.3) is 11.3 Å². The number of thiazole rings is 1. The lowest BCUT2D eigenvalue weighted by atomic mass is 10.1. The van der Waals surface area contributed by atoms with Gasteiger partial charge in [-0.05, 0) is 31.4 Å². The lowest BCUT2D eigenvalue weighted by Gasteiger charge is -1.99. The Labute approximate surface area is 112 Å². The van der Waals surface area contributed by atoms with Gasteiger partial charge in [0.05, 0.1) is 10.7 Å². The summed E-state index contributed by atoms with van der Waals surface area (Å²) >= 11 is 1.89. The van der Waals surface area contributed by atoms with E-state index >= 15 is 0 Å². The van der Waals surface area contributed by atoms with Crippen molar-refractivity contribution in [3.8, 4) is 11.3 Å². The maximum atomic E-state index is 5.51. The molecule has 1 aromatic carbocycles. The number of nitrogens with two attached hydrogens (primary N) is 1. The van der Waals surface area contributed by atoms with Crippen molar-refractivity contribution in [2.24, 2.45) is 5.73 Å². The number of aromatic nitrogens is 1. The second kappa shape index (κ2) is 5.21. The summed E-state index contributed by atoms with van der Waals surface area (Å²) in [6.45, 7) is 0.807. The van der Waals surface area contributed by atoms with Gasteiger partial charge in [0.15, 0.2) is 0 Å². The van der Waals surface area contributed by atoms with Crippen LogP contribution in [-0.4, -0.2) is 11.5 Å². The molecule has 1 aromatic heterocycles. The molecule has 0 fully saturated rings. The standard InChI is InChI=1S/C15H18N2S/c16-9-5-1-2-8-14-17-15-12-7-4-3-6-11(12)10-13(15)18-14/h3-4,6-7H,1-2,5,8-10,16H2. The van der Waals surface area contributed by atoms with E-state index in [1.807, 2.05) is 11.3 Å². The monoisotopic (exact) mass is 258 g/mol. The Morgan fingerprint density at radius 3 is 2.94 bits per heavy atom. The molecule has 2 nitrogen and oxygen atoms in total. The van der Waals surface area contributed by atoms with Crippen molar-refractivity contribution in [1.29, 1.82) is 0 Å². The highest BCUT2D eigenvalue weighted by Crippen LogP contribution is 2.39. The van der Waals surface area contributed by atoms with E-state index in [-0.39, 0.29) is 0 Å². The highest BCUT2D eigenvalue weighted by Gasteiger charge is 2.22. The molecule has 2 N–H and O–H groups in total. The second-order valence-electron chi connectivity index (χ2n) is 4.81. The second-order valence-corrected chi connectivity index (χ2v) is 5.98. The molecular formula is C15H18N2S. The number of rotatable bonds is 5. The van der Waals surface area contributed by atoms with Crippen LogP contribution in [0, 0.1) is 0 Å². The van der Waals surface area contributed by atoms with Crippen molar-refractivity contribution in [2.75, 3.05) is 6.54 Å². The maximum absolute atomic E-state index is 5.51. The predicted molar refractivity (Wildman–Crippen MR) is 77.0 cm³/mol. The SMILES string of the molecule is NCCCCCc1nc2c(s1)Cc1ccccc1-2. The first kappa shape index (κ1) is 11.9. The highest BCUT2D eigenvalue weighted by molar-refractivity contribution is 7.12. The highest BCUT2D eigenvalue weighted by atomic mass is 32.1. The zero-order chi connectivity index (χ0) is 12.4. The summed E-state index contributed by atoms with van der Waals surface area (Å²) in [6, 6.07) is 8.63. The topological polar surface area (TPSA) is 38.9 Å². The molecule has 1 heterocycles. The largest absolute Gasteiger partial charge is 0.330 e. The summed E-state index contributed by atoms with van der Waals surface area (Å²) in [6.07, 6.45) is 5.75. The smallest absolute Gasteiger partial charge is 0.0935 e. The van der Waals surface area contributed by atoms with Crippen LogP contribution in [-0.2, 0) is 12.8 Å². The summed E-state index contributed by atoms with van der Waals surface area (Å²) in [5.74, 6) is 0. The molecule has 0 unspecified atom stereocenters. The van der Waals surface area contributed by atoms with Gasteiger partial charge in [0.2, 0.25) is 0 Å². The van der Waals surface area contributed by atoms with E-state index in [9.17, 15) is 0 Å². The molecule has 0 spiro atoms. The summed E-state index contributed by atoms with van der Waals surface area (Å²) in [4.78, 5) is 6.27. The van der Waals surface area contributed by atoms with Gasteiger partial charge in [-0.2, -0.15) is 0 Å². The van der Waals surface area contributed by atoms with Gasteiger partial charge in [-0.25, -0.2) is 4.98 Å². The molecule has 3 rings (SSSR count). The van der Waals surface area contributed by atoms with Crippen molar-refractivity contribution in [3.63, 3.8) is 0 Å². The molecule has 0 aliphatic heterocycles. The molecule has 2 aromatic rings. The molecule has 0 amide bonds. The van der Waals surface area contributed by atoms with Crippen LogP contribution in [0.1, 0.15) is 34.7 Å². The number of unbranched alkanes of at least 4 members (excludes halogenated alkanes) is 2. The molecular weight excluding hydrogens is 240 g/mol. The molecule has 0 bridgehead atoms. The predicted octanol–water partition coefficient (Wildman–Crippen LogP) is 3.39. The molecule has 0 atom stereocenters. The van der Waals surface area contributed by atoms with Crippen LogP contribution in [0.15, 0.2) is 24.3 Å².